The van der Waals surface area contributed by atoms with E-state index < -0.39 is 17.8 Å². The predicted molar refractivity (Wildman–Crippen MR) is 59.8 cm³/mol. The van der Waals surface area contributed by atoms with E-state index in [0.717, 1.165) is 5.56 Å². The number of benzene rings is 1. The number of amides is 1. The molecule has 4 nitrogen and oxygen atoms in total. The van der Waals surface area contributed by atoms with E-state index in [-0.39, 0.29) is 6.04 Å². The Balaban J connectivity index is 2.62. The first-order chi connectivity index (χ1) is 7.52. The van der Waals surface area contributed by atoms with Gasteiger partial charge in [0.25, 0.3) is 0 Å². The summed E-state index contributed by atoms with van der Waals surface area (Å²) in [6.45, 7) is 3.19. The lowest BCUT2D eigenvalue weighted by molar-refractivity contribution is -0.146. The first kappa shape index (κ1) is 12.2. The summed E-state index contributed by atoms with van der Waals surface area (Å²) in [6.07, 6.45) is 0. The van der Waals surface area contributed by atoms with Crippen LogP contribution in [0.15, 0.2) is 30.3 Å². The summed E-state index contributed by atoms with van der Waals surface area (Å²) in [5.41, 5.74) is 0.952. The van der Waals surface area contributed by atoms with Crippen molar-refractivity contribution < 1.29 is 14.7 Å². The lowest BCUT2D eigenvalue weighted by Crippen LogP contribution is -2.35. The van der Waals surface area contributed by atoms with Gasteiger partial charge in [0.2, 0.25) is 5.91 Å². The zero-order chi connectivity index (χ0) is 12.1. The average Bonchev–Trinajstić information content (AvgIpc) is 2.28. The van der Waals surface area contributed by atoms with E-state index in [1.165, 1.54) is 6.92 Å². The quantitative estimate of drug-likeness (QED) is 0.759. The third-order valence-corrected chi connectivity index (χ3v) is 2.42. The van der Waals surface area contributed by atoms with Gasteiger partial charge in [0.15, 0.2) is 0 Å². The Morgan fingerprint density at radius 3 is 2.25 bits per heavy atom. The number of hydrogen-bond acceptors (Lipinski definition) is 2. The minimum atomic E-state index is -1.11. The zero-order valence-electron chi connectivity index (χ0n) is 9.31. The average molecular weight is 221 g/mol. The smallest absolute Gasteiger partial charge is 0.315 e. The summed E-state index contributed by atoms with van der Waals surface area (Å²) in [5.74, 6) is -2.60. The molecule has 0 bridgehead atoms. The van der Waals surface area contributed by atoms with Gasteiger partial charge in [0.05, 0.1) is 6.04 Å². The maximum absolute atomic E-state index is 11.5. The van der Waals surface area contributed by atoms with Crippen molar-refractivity contribution in [2.45, 2.75) is 19.9 Å². The maximum Gasteiger partial charge on any atom is 0.315 e. The fourth-order valence-corrected chi connectivity index (χ4v) is 1.28. The van der Waals surface area contributed by atoms with Crippen molar-refractivity contribution in [2.75, 3.05) is 0 Å². The molecule has 1 aromatic rings. The van der Waals surface area contributed by atoms with Crippen LogP contribution in [-0.2, 0) is 9.59 Å². The molecule has 1 aromatic carbocycles. The molecule has 1 rings (SSSR count). The topological polar surface area (TPSA) is 66.4 Å². The molecule has 1 amide bonds. The Kier molecular flexibility index (Phi) is 4.05. The third kappa shape index (κ3) is 3.08. The van der Waals surface area contributed by atoms with Gasteiger partial charge in [-0.15, -0.1) is 0 Å². The van der Waals surface area contributed by atoms with Crippen LogP contribution in [0.4, 0.5) is 0 Å². The molecule has 0 saturated carbocycles. The Morgan fingerprint density at radius 2 is 1.75 bits per heavy atom. The van der Waals surface area contributed by atoms with Gasteiger partial charge in [0.1, 0.15) is 5.92 Å². The molecule has 0 aromatic heterocycles. The first-order valence-corrected chi connectivity index (χ1v) is 5.10. The Morgan fingerprint density at radius 1 is 1.19 bits per heavy atom. The van der Waals surface area contributed by atoms with Gasteiger partial charge >= 0.3 is 5.97 Å². The molecule has 16 heavy (non-hydrogen) atoms. The van der Waals surface area contributed by atoms with E-state index in [2.05, 4.69) is 5.32 Å². The number of aliphatic carboxylic acids is 1. The molecule has 0 aliphatic heterocycles. The Labute approximate surface area is 94.3 Å². The second kappa shape index (κ2) is 5.30. The van der Waals surface area contributed by atoms with E-state index in [1.807, 2.05) is 37.3 Å². The highest BCUT2D eigenvalue weighted by Gasteiger charge is 2.21. The predicted octanol–water partition coefficient (Wildman–Crippen LogP) is 1.58. The highest BCUT2D eigenvalue weighted by molar-refractivity contribution is 5.96. The minimum absolute atomic E-state index is 0.185. The molecule has 0 heterocycles. The maximum atomic E-state index is 11.5. The number of hydrogen-bond donors (Lipinski definition) is 2. The lowest BCUT2D eigenvalue weighted by atomic mass is 10.1. The standard InChI is InChI=1S/C12H15NO3/c1-8(12(15)16)11(14)13-9(2)10-6-4-3-5-7-10/h3-9H,1-2H3,(H,13,14)(H,15,16). The summed E-state index contributed by atoms with van der Waals surface area (Å²) < 4.78 is 0. The van der Waals surface area contributed by atoms with Gasteiger partial charge in [-0.3, -0.25) is 9.59 Å². The number of carboxylic acid groups (broad SMARTS) is 1. The number of carbonyl (C=O) groups is 2. The van der Waals surface area contributed by atoms with Crippen LogP contribution in [0, 0.1) is 5.92 Å². The summed E-state index contributed by atoms with van der Waals surface area (Å²) in [4.78, 5) is 22.1. The van der Waals surface area contributed by atoms with Crippen LogP contribution in [0.1, 0.15) is 25.5 Å². The van der Waals surface area contributed by atoms with E-state index >= 15 is 0 Å². The molecule has 2 N–H and O–H groups in total. The fourth-order valence-electron chi connectivity index (χ4n) is 1.28. The molecule has 2 atom stereocenters. The van der Waals surface area contributed by atoms with Crippen LogP contribution in [0.3, 0.4) is 0 Å². The van der Waals surface area contributed by atoms with Crippen molar-refractivity contribution >= 4 is 11.9 Å². The van der Waals surface area contributed by atoms with E-state index in [1.54, 1.807) is 0 Å². The number of rotatable bonds is 4. The fraction of sp³-hybridized carbons (Fsp3) is 0.333. The van der Waals surface area contributed by atoms with Gasteiger partial charge in [-0.25, -0.2) is 0 Å². The molecule has 0 fully saturated rings. The molecular weight excluding hydrogens is 206 g/mol. The second-order valence-electron chi connectivity index (χ2n) is 3.70. The second-order valence-corrected chi connectivity index (χ2v) is 3.70. The molecule has 0 saturated heterocycles. The van der Waals surface area contributed by atoms with E-state index in [4.69, 9.17) is 5.11 Å². The summed E-state index contributed by atoms with van der Waals surface area (Å²) in [5, 5.41) is 11.3. The van der Waals surface area contributed by atoms with Crippen molar-refractivity contribution in [1.29, 1.82) is 0 Å². The number of nitrogens with one attached hydrogen (secondary N) is 1. The molecular formula is C12H15NO3. The highest BCUT2D eigenvalue weighted by Crippen LogP contribution is 2.11. The number of carboxylic acids is 1. The Bertz CT molecular complexity index is 375. The SMILES string of the molecule is CC(C(=O)O)C(=O)NC(C)c1ccccc1. The van der Waals surface area contributed by atoms with Crippen LogP contribution >= 0.6 is 0 Å². The molecule has 86 valence electrons. The normalized spacial score (nSPS) is 13.9. The van der Waals surface area contributed by atoms with Crippen LogP contribution in [-0.4, -0.2) is 17.0 Å². The Hall–Kier alpha value is -1.84. The van der Waals surface area contributed by atoms with Crippen molar-refractivity contribution in [3.8, 4) is 0 Å². The van der Waals surface area contributed by atoms with Crippen LogP contribution < -0.4 is 5.32 Å². The van der Waals surface area contributed by atoms with Crippen LogP contribution in [0.5, 0.6) is 0 Å². The molecule has 0 aliphatic carbocycles. The molecule has 0 radical (unpaired) electrons. The van der Waals surface area contributed by atoms with Gasteiger partial charge in [-0.2, -0.15) is 0 Å². The van der Waals surface area contributed by atoms with Crippen LogP contribution in [0.25, 0.3) is 0 Å². The van der Waals surface area contributed by atoms with E-state index in [9.17, 15) is 9.59 Å². The summed E-state index contributed by atoms with van der Waals surface area (Å²) >= 11 is 0. The van der Waals surface area contributed by atoms with E-state index in [0.29, 0.717) is 0 Å². The first-order valence-electron chi connectivity index (χ1n) is 5.10. The minimum Gasteiger partial charge on any atom is -0.481 e. The van der Waals surface area contributed by atoms with Crippen molar-refractivity contribution in [2.24, 2.45) is 5.92 Å². The lowest BCUT2D eigenvalue weighted by Gasteiger charge is -2.15. The van der Waals surface area contributed by atoms with Gasteiger partial charge in [-0.05, 0) is 19.4 Å². The zero-order valence-corrected chi connectivity index (χ0v) is 9.31. The van der Waals surface area contributed by atoms with Gasteiger partial charge in [-0.1, -0.05) is 30.3 Å². The number of carbonyl (C=O) groups excluding carboxylic acids is 1. The van der Waals surface area contributed by atoms with Crippen molar-refractivity contribution in [1.82, 2.24) is 5.32 Å². The summed E-state index contributed by atoms with van der Waals surface area (Å²) in [7, 11) is 0. The van der Waals surface area contributed by atoms with Gasteiger partial charge < -0.3 is 10.4 Å². The van der Waals surface area contributed by atoms with Crippen molar-refractivity contribution in [3.05, 3.63) is 35.9 Å². The summed E-state index contributed by atoms with van der Waals surface area (Å²) in [6, 6.07) is 9.22. The third-order valence-electron chi connectivity index (χ3n) is 2.42. The van der Waals surface area contributed by atoms with Gasteiger partial charge in [0, 0.05) is 0 Å². The monoisotopic (exact) mass is 221 g/mol. The largest absolute Gasteiger partial charge is 0.481 e. The van der Waals surface area contributed by atoms with Crippen molar-refractivity contribution in [3.63, 3.8) is 0 Å². The molecule has 2 unspecified atom stereocenters. The van der Waals surface area contributed by atoms with Crippen LogP contribution in [0.2, 0.25) is 0 Å². The highest BCUT2D eigenvalue weighted by atomic mass is 16.4. The molecule has 0 aliphatic rings. The molecule has 0 spiro atoms. The molecule has 4 heteroatoms.